The maximum atomic E-state index is 12.5. The fraction of sp³-hybridized carbons (Fsp3) is 0.150. The quantitative estimate of drug-likeness (QED) is 0.211. The van der Waals surface area contributed by atoms with E-state index in [4.69, 9.17) is 40.2 Å². The first-order valence-electron chi connectivity index (χ1n) is 8.77. The molecule has 8 nitrogen and oxygen atoms in total. The van der Waals surface area contributed by atoms with Gasteiger partial charge in [0.1, 0.15) is 12.2 Å². The molecule has 2 aromatic rings. The molecule has 0 aliphatic carbocycles. The smallest absolute Gasteiger partial charge is 0.269 e. The van der Waals surface area contributed by atoms with E-state index in [9.17, 15) is 19.7 Å². The number of hydrogen-bond donors (Lipinski definition) is 0. The van der Waals surface area contributed by atoms with Crippen LogP contribution >= 0.6 is 35.4 Å². The number of halogens is 2. The minimum Gasteiger partial charge on any atom is -0.486 e. The number of thiocarbonyl (C=S) groups is 1. The molecule has 0 aromatic heterocycles. The molecule has 0 atom stereocenters. The van der Waals surface area contributed by atoms with Crippen LogP contribution in [0.5, 0.6) is 5.75 Å². The van der Waals surface area contributed by atoms with Crippen molar-refractivity contribution in [1.82, 2.24) is 9.80 Å². The van der Waals surface area contributed by atoms with Gasteiger partial charge < -0.3 is 4.74 Å². The van der Waals surface area contributed by atoms with Crippen LogP contribution in [-0.4, -0.2) is 45.7 Å². The first-order chi connectivity index (χ1) is 14.6. The van der Waals surface area contributed by atoms with Gasteiger partial charge in [0.15, 0.2) is 10.9 Å². The summed E-state index contributed by atoms with van der Waals surface area (Å²) in [5.41, 5.74) is 0.837. The largest absolute Gasteiger partial charge is 0.486 e. The van der Waals surface area contributed by atoms with E-state index in [1.807, 2.05) is 0 Å². The van der Waals surface area contributed by atoms with Crippen LogP contribution < -0.4 is 4.74 Å². The molecule has 31 heavy (non-hydrogen) atoms. The van der Waals surface area contributed by atoms with Crippen molar-refractivity contribution in [2.75, 3.05) is 14.1 Å². The average molecular weight is 480 g/mol. The van der Waals surface area contributed by atoms with Crippen molar-refractivity contribution >= 4 is 64.1 Å². The monoisotopic (exact) mass is 479 g/mol. The summed E-state index contributed by atoms with van der Waals surface area (Å²) in [4.78, 5) is 37.7. The van der Waals surface area contributed by atoms with Gasteiger partial charge in [0.25, 0.3) is 17.5 Å². The number of rotatable bonds is 5. The molecule has 2 aromatic carbocycles. The number of nitro benzene ring substituents is 1. The molecule has 160 valence electrons. The summed E-state index contributed by atoms with van der Waals surface area (Å²) >= 11 is 17.7. The Kier molecular flexibility index (Phi) is 6.59. The van der Waals surface area contributed by atoms with Gasteiger partial charge in [0.2, 0.25) is 0 Å². The van der Waals surface area contributed by atoms with Crippen LogP contribution in [0.25, 0.3) is 6.08 Å². The summed E-state index contributed by atoms with van der Waals surface area (Å²) in [7, 11) is 2.96. The number of nitrogens with zero attached hydrogens (tertiary/aromatic N) is 3. The lowest BCUT2D eigenvalue weighted by Crippen LogP contribution is -2.52. The topological polar surface area (TPSA) is 93.0 Å². The lowest BCUT2D eigenvalue weighted by atomic mass is 10.1. The Morgan fingerprint density at radius 1 is 1.10 bits per heavy atom. The van der Waals surface area contributed by atoms with Crippen LogP contribution in [0.15, 0.2) is 42.0 Å². The highest BCUT2D eigenvalue weighted by Crippen LogP contribution is 2.36. The molecule has 0 bridgehead atoms. The second kappa shape index (κ2) is 9.01. The Morgan fingerprint density at radius 2 is 1.68 bits per heavy atom. The molecular formula is C20H15Cl2N3O5S. The van der Waals surface area contributed by atoms with Crippen molar-refractivity contribution in [3.05, 3.63) is 73.3 Å². The highest BCUT2D eigenvalue weighted by molar-refractivity contribution is 7.80. The van der Waals surface area contributed by atoms with E-state index < -0.39 is 16.7 Å². The summed E-state index contributed by atoms with van der Waals surface area (Å²) in [6, 6.07) is 8.98. The van der Waals surface area contributed by atoms with Gasteiger partial charge in [0.05, 0.1) is 15.0 Å². The molecule has 2 amide bonds. The van der Waals surface area contributed by atoms with Gasteiger partial charge in [-0.15, -0.1) is 0 Å². The highest BCUT2D eigenvalue weighted by Gasteiger charge is 2.35. The molecule has 1 fully saturated rings. The molecule has 1 saturated heterocycles. The first-order valence-corrected chi connectivity index (χ1v) is 9.93. The number of carbonyl (C=O) groups is 2. The maximum Gasteiger partial charge on any atom is 0.269 e. The van der Waals surface area contributed by atoms with Crippen molar-refractivity contribution in [1.29, 1.82) is 0 Å². The van der Waals surface area contributed by atoms with E-state index in [2.05, 4.69) is 0 Å². The Bertz CT molecular complexity index is 1100. The summed E-state index contributed by atoms with van der Waals surface area (Å²) in [5, 5.41) is 11.3. The summed E-state index contributed by atoms with van der Waals surface area (Å²) in [6.45, 7) is 0.00552. The third-order valence-electron chi connectivity index (χ3n) is 4.48. The summed E-state index contributed by atoms with van der Waals surface area (Å²) in [5.74, 6) is -0.897. The summed E-state index contributed by atoms with van der Waals surface area (Å²) < 4.78 is 5.65. The fourth-order valence-corrected chi connectivity index (χ4v) is 3.64. The van der Waals surface area contributed by atoms with Gasteiger partial charge in [-0.1, -0.05) is 35.3 Å². The summed E-state index contributed by atoms with van der Waals surface area (Å²) in [6.07, 6.45) is 1.38. The molecule has 0 radical (unpaired) electrons. The van der Waals surface area contributed by atoms with Crippen molar-refractivity contribution in [2.24, 2.45) is 0 Å². The minimum atomic E-state index is -0.536. The fourth-order valence-electron chi connectivity index (χ4n) is 2.86. The highest BCUT2D eigenvalue weighted by atomic mass is 35.5. The van der Waals surface area contributed by atoms with Crippen LogP contribution in [0.1, 0.15) is 11.1 Å². The van der Waals surface area contributed by atoms with Crippen LogP contribution in [0.3, 0.4) is 0 Å². The zero-order valence-electron chi connectivity index (χ0n) is 16.3. The Hall–Kier alpha value is -3.01. The van der Waals surface area contributed by atoms with Gasteiger partial charge in [-0.3, -0.25) is 29.5 Å². The van der Waals surface area contributed by atoms with E-state index in [0.717, 1.165) is 0 Å². The van der Waals surface area contributed by atoms with Crippen LogP contribution in [-0.2, 0) is 16.2 Å². The number of carbonyl (C=O) groups excluding carboxylic acids is 2. The maximum absolute atomic E-state index is 12.5. The van der Waals surface area contributed by atoms with E-state index >= 15 is 0 Å². The molecule has 3 rings (SSSR count). The molecule has 11 heteroatoms. The zero-order valence-corrected chi connectivity index (χ0v) is 18.6. The van der Waals surface area contributed by atoms with E-state index in [1.54, 1.807) is 12.1 Å². The van der Waals surface area contributed by atoms with Crippen molar-refractivity contribution in [3.8, 4) is 5.75 Å². The lowest BCUT2D eigenvalue weighted by molar-refractivity contribution is -0.384. The lowest BCUT2D eigenvalue weighted by Gasteiger charge is -2.31. The molecule has 1 aliphatic rings. The third-order valence-corrected chi connectivity index (χ3v) is 5.59. The van der Waals surface area contributed by atoms with Crippen LogP contribution in [0, 0.1) is 10.1 Å². The van der Waals surface area contributed by atoms with Gasteiger partial charge in [0, 0.05) is 26.2 Å². The number of likely N-dealkylation sites (N-methyl/N-ethyl adjacent to an activating group) is 2. The molecule has 0 unspecified atom stereocenters. The van der Waals surface area contributed by atoms with E-state index in [-0.39, 0.29) is 38.8 Å². The number of non-ortho nitro benzene ring substituents is 1. The number of hydrogen-bond acceptors (Lipinski definition) is 6. The third kappa shape index (κ3) is 4.68. The van der Waals surface area contributed by atoms with Crippen LogP contribution in [0.2, 0.25) is 10.0 Å². The average Bonchev–Trinajstić information content (AvgIpc) is 2.73. The van der Waals surface area contributed by atoms with Crippen LogP contribution in [0.4, 0.5) is 5.69 Å². The zero-order chi connectivity index (χ0) is 22.9. The molecule has 0 spiro atoms. The predicted octanol–water partition coefficient (Wildman–Crippen LogP) is 4.08. The predicted molar refractivity (Wildman–Crippen MR) is 120 cm³/mol. The van der Waals surface area contributed by atoms with Crippen molar-refractivity contribution in [2.45, 2.75) is 6.61 Å². The van der Waals surface area contributed by atoms with Gasteiger partial charge >= 0.3 is 0 Å². The molecule has 1 aliphatic heterocycles. The molecule has 0 saturated carbocycles. The number of amides is 2. The SMILES string of the molecule is CN1C(=O)C(=Cc2cc(Cl)c(OCc3cccc([N+](=O)[O-])c3)c(Cl)c2)C(=O)N(C)C1=S. The minimum absolute atomic E-state index is 0.00552. The second-order valence-electron chi connectivity index (χ2n) is 6.60. The molecule has 0 N–H and O–H groups in total. The Labute approximate surface area is 192 Å². The van der Waals surface area contributed by atoms with Gasteiger partial charge in [-0.05, 0) is 41.6 Å². The van der Waals surface area contributed by atoms with E-state index in [0.29, 0.717) is 11.1 Å². The van der Waals surface area contributed by atoms with Crippen molar-refractivity contribution in [3.63, 3.8) is 0 Å². The van der Waals surface area contributed by atoms with E-state index in [1.165, 1.54) is 54.2 Å². The molecule has 1 heterocycles. The number of nitro groups is 1. The molecular weight excluding hydrogens is 465 g/mol. The Balaban J connectivity index is 1.85. The van der Waals surface area contributed by atoms with Gasteiger partial charge in [-0.25, -0.2) is 0 Å². The first kappa shape index (κ1) is 22.7. The van der Waals surface area contributed by atoms with Gasteiger partial charge in [-0.2, -0.15) is 0 Å². The number of benzene rings is 2. The number of ether oxygens (including phenoxy) is 1. The normalized spacial score (nSPS) is 14.2. The van der Waals surface area contributed by atoms with Crippen molar-refractivity contribution < 1.29 is 19.2 Å². The second-order valence-corrected chi connectivity index (χ2v) is 7.78. The Morgan fingerprint density at radius 3 is 2.23 bits per heavy atom. The standard InChI is InChI=1S/C20H15Cl2N3O5S/c1-23-18(26)14(19(27)24(2)20(23)31)7-12-8-15(21)17(16(22)9-12)30-10-11-4-3-5-13(6-11)25(28)29/h3-9H,10H2,1-2H3.